The van der Waals surface area contributed by atoms with Crippen molar-refractivity contribution in [2.45, 2.75) is 50.3 Å². The molecule has 0 fully saturated rings. The molecular weight excluding hydrogens is 405 g/mol. The van der Waals surface area contributed by atoms with Gasteiger partial charge in [-0.25, -0.2) is 0 Å². The van der Waals surface area contributed by atoms with E-state index < -0.39 is 30.0 Å². The summed E-state index contributed by atoms with van der Waals surface area (Å²) in [6, 6.07) is 13.9. The first-order valence-corrected chi connectivity index (χ1v) is 10.1. The van der Waals surface area contributed by atoms with Crippen molar-refractivity contribution >= 4 is 10.9 Å². The first-order chi connectivity index (χ1) is 14.5. The summed E-state index contributed by atoms with van der Waals surface area (Å²) in [5, 5.41) is 20.6. The summed E-state index contributed by atoms with van der Waals surface area (Å²) >= 11 is 0. The average molecular weight is 428 g/mol. The molecule has 0 amide bonds. The van der Waals surface area contributed by atoms with Crippen molar-refractivity contribution in [3.05, 3.63) is 64.8 Å². The zero-order chi connectivity index (χ0) is 22.4. The van der Waals surface area contributed by atoms with Gasteiger partial charge in [-0.15, -0.1) is 0 Å². The molecular formula is C24H23F3N2O2. The average Bonchev–Trinajstić information content (AvgIpc) is 3.31. The molecule has 4 nitrogen and oxygen atoms in total. The van der Waals surface area contributed by atoms with E-state index in [1.165, 1.54) is 0 Å². The number of aromatic amines is 1. The van der Waals surface area contributed by atoms with E-state index in [9.17, 15) is 18.3 Å². The van der Waals surface area contributed by atoms with E-state index >= 15 is 0 Å². The summed E-state index contributed by atoms with van der Waals surface area (Å²) in [7, 11) is 0. The van der Waals surface area contributed by atoms with Crippen LogP contribution in [0.1, 0.15) is 42.7 Å². The molecule has 0 bridgehead atoms. The summed E-state index contributed by atoms with van der Waals surface area (Å²) in [5.41, 5.74) is -0.993. The molecule has 4 rings (SSSR count). The summed E-state index contributed by atoms with van der Waals surface area (Å²) in [6.45, 7) is 3.91. The number of benzene rings is 2. The van der Waals surface area contributed by atoms with Gasteiger partial charge in [0.1, 0.15) is 5.75 Å². The Kier molecular flexibility index (Phi) is 5.01. The normalized spacial score (nSPS) is 15.9. The monoisotopic (exact) mass is 428 g/mol. The smallest absolute Gasteiger partial charge is 0.417 e. The molecule has 162 valence electrons. The molecule has 7 heteroatoms. The van der Waals surface area contributed by atoms with Gasteiger partial charge in [-0.3, -0.25) is 0 Å². The highest BCUT2D eigenvalue weighted by Gasteiger charge is 2.56. The maximum Gasteiger partial charge on any atom is 0.417 e. The number of hydrogen-bond acceptors (Lipinski definition) is 3. The Hall–Kier alpha value is -2.98. The standard InChI is InChI=1S/C24H23F3N2O2/c1-22(2,19-5-3-4-16-8-9-31-21(16)19)14-23(30,24(25,26)27)12-18-11-17-10-15(13-28)6-7-20(17)29-18/h3-7,10-11,29-30H,8-9,12,14H2,1-2H3. The van der Waals surface area contributed by atoms with Gasteiger partial charge in [0.15, 0.2) is 5.60 Å². The summed E-state index contributed by atoms with van der Waals surface area (Å²) in [5.74, 6) is 0.631. The Morgan fingerprint density at radius 3 is 2.65 bits per heavy atom. The molecule has 0 saturated heterocycles. The van der Waals surface area contributed by atoms with Crippen LogP contribution in [0.25, 0.3) is 10.9 Å². The highest BCUT2D eigenvalue weighted by molar-refractivity contribution is 5.81. The zero-order valence-corrected chi connectivity index (χ0v) is 17.3. The van der Waals surface area contributed by atoms with E-state index in [1.54, 1.807) is 44.2 Å². The first kappa shape index (κ1) is 21.3. The number of alkyl halides is 3. The fraction of sp³-hybridized carbons (Fsp3) is 0.375. The number of para-hydroxylation sites is 1. The Labute approximate surface area is 178 Å². The van der Waals surface area contributed by atoms with Gasteiger partial charge < -0.3 is 14.8 Å². The predicted molar refractivity (Wildman–Crippen MR) is 111 cm³/mol. The SMILES string of the molecule is CC(C)(CC(O)(Cc1cc2cc(C#N)ccc2[nH]1)C(F)(F)F)c1cccc2c1OCC2. The Balaban J connectivity index is 1.69. The number of nitrogens with one attached hydrogen (secondary N) is 1. The van der Waals surface area contributed by atoms with Gasteiger partial charge in [0.2, 0.25) is 0 Å². The molecule has 1 aromatic heterocycles. The third-order valence-corrected chi connectivity index (χ3v) is 5.99. The molecule has 3 aromatic rings. The number of aliphatic hydroxyl groups is 1. The molecule has 0 spiro atoms. The summed E-state index contributed by atoms with van der Waals surface area (Å²) in [4.78, 5) is 2.95. The number of ether oxygens (including phenoxy) is 1. The van der Waals surface area contributed by atoms with Crippen molar-refractivity contribution in [2.75, 3.05) is 6.61 Å². The quantitative estimate of drug-likeness (QED) is 0.589. The van der Waals surface area contributed by atoms with E-state index in [-0.39, 0.29) is 5.69 Å². The van der Waals surface area contributed by atoms with Crippen LogP contribution < -0.4 is 4.74 Å². The van der Waals surface area contributed by atoms with Crippen LogP contribution in [0, 0.1) is 11.3 Å². The van der Waals surface area contributed by atoms with E-state index in [1.807, 2.05) is 18.2 Å². The van der Waals surface area contributed by atoms with Crippen LogP contribution in [-0.2, 0) is 18.3 Å². The molecule has 1 unspecified atom stereocenters. The highest BCUT2D eigenvalue weighted by atomic mass is 19.4. The lowest BCUT2D eigenvalue weighted by atomic mass is 9.73. The molecule has 31 heavy (non-hydrogen) atoms. The van der Waals surface area contributed by atoms with E-state index in [0.717, 1.165) is 12.0 Å². The van der Waals surface area contributed by atoms with Crippen LogP contribution in [0.4, 0.5) is 13.2 Å². The van der Waals surface area contributed by atoms with Crippen molar-refractivity contribution < 1.29 is 23.0 Å². The van der Waals surface area contributed by atoms with Crippen molar-refractivity contribution in [3.63, 3.8) is 0 Å². The van der Waals surface area contributed by atoms with Crippen LogP contribution in [0.3, 0.4) is 0 Å². The maximum atomic E-state index is 14.1. The Bertz CT molecular complexity index is 1170. The maximum absolute atomic E-state index is 14.1. The van der Waals surface area contributed by atoms with Crippen molar-refractivity contribution in [1.82, 2.24) is 4.98 Å². The number of hydrogen-bond donors (Lipinski definition) is 2. The first-order valence-electron chi connectivity index (χ1n) is 10.1. The van der Waals surface area contributed by atoms with Crippen LogP contribution in [0.15, 0.2) is 42.5 Å². The minimum absolute atomic E-state index is 0.259. The second-order valence-corrected chi connectivity index (χ2v) is 8.87. The topological polar surface area (TPSA) is 69.0 Å². The lowest BCUT2D eigenvalue weighted by Crippen LogP contribution is -2.51. The van der Waals surface area contributed by atoms with Crippen molar-refractivity contribution in [1.29, 1.82) is 5.26 Å². The summed E-state index contributed by atoms with van der Waals surface area (Å²) in [6.07, 6.45) is -5.25. The lowest BCUT2D eigenvalue weighted by molar-refractivity contribution is -0.266. The van der Waals surface area contributed by atoms with Crippen molar-refractivity contribution in [3.8, 4) is 11.8 Å². The summed E-state index contributed by atoms with van der Waals surface area (Å²) < 4.78 is 48.1. The van der Waals surface area contributed by atoms with Gasteiger partial charge in [-0.1, -0.05) is 32.0 Å². The van der Waals surface area contributed by atoms with Gasteiger partial charge >= 0.3 is 6.18 Å². The van der Waals surface area contributed by atoms with E-state index in [0.29, 0.717) is 34.4 Å². The fourth-order valence-corrected chi connectivity index (χ4v) is 4.51. The number of nitriles is 1. The molecule has 0 aliphatic carbocycles. The molecule has 0 saturated carbocycles. The molecule has 2 heterocycles. The molecule has 0 radical (unpaired) electrons. The largest absolute Gasteiger partial charge is 0.493 e. The van der Waals surface area contributed by atoms with Crippen LogP contribution in [0.5, 0.6) is 5.75 Å². The second-order valence-electron chi connectivity index (χ2n) is 8.87. The van der Waals surface area contributed by atoms with Crippen molar-refractivity contribution in [2.24, 2.45) is 0 Å². The number of nitrogens with zero attached hydrogens (tertiary/aromatic N) is 1. The second kappa shape index (κ2) is 7.31. The number of rotatable bonds is 5. The van der Waals surface area contributed by atoms with Gasteiger partial charge in [0.05, 0.1) is 18.2 Å². The lowest BCUT2D eigenvalue weighted by Gasteiger charge is -2.38. The minimum Gasteiger partial charge on any atom is -0.493 e. The zero-order valence-electron chi connectivity index (χ0n) is 17.3. The Morgan fingerprint density at radius 2 is 1.94 bits per heavy atom. The van der Waals surface area contributed by atoms with Crippen LogP contribution >= 0.6 is 0 Å². The molecule has 2 aromatic carbocycles. The van der Waals surface area contributed by atoms with E-state index in [4.69, 9.17) is 10.00 Å². The van der Waals surface area contributed by atoms with Crippen LogP contribution in [0.2, 0.25) is 0 Å². The number of aromatic nitrogens is 1. The number of H-pyrrole nitrogens is 1. The third kappa shape index (κ3) is 3.88. The molecule has 2 N–H and O–H groups in total. The van der Waals surface area contributed by atoms with Gasteiger partial charge in [0, 0.05) is 35.0 Å². The number of halogens is 3. The predicted octanol–water partition coefficient (Wildman–Crippen LogP) is 5.18. The minimum atomic E-state index is -4.84. The number of fused-ring (bicyclic) bond motifs is 2. The molecule has 1 aliphatic rings. The van der Waals surface area contributed by atoms with Gasteiger partial charge in [-0.2, -0.15) is 18.4 Å². The molecule has 1 atom stereocenters. The van der Waals surface area contributed by atoms with Crippen LogP contribution in [-0.4, -0.2) is 28.5 Å². The highest BCUT2D eigenvalue weighted by Crippen LogP contribution is 2.46. The Morgan fingerprint density at radius 1 is 1.16 bits per heavy atom. The van der Waals surface area contributed by atoms with Gasteiger partial charge in [0.25, 0.3) is 0 Å². The van der Waals surface area contributed by atoms with Gasteiger partial charge in [-0.05, 0) is 41.7 Å². The molecule has 1 aliphatic heterocycles. The van der Waals surface area contributed by atoms with E-state index in [2.05, 4.69) is 4.98 Å². The fourth-order valence-electron chi connectivity index (χ4n) is 4.51. The third-order valence-electron chi connectivity index (χ3n) is 5.99.